The van der Waals surface area contributed by atoms with Crippen LogP contribution in [0, 0.1) is 6.92 Å². The van der Waals surface area contributed by atoms with Gasteiger partial charge < -0.3 is 5.32 Å². The minimum Gasteiger partial charge on any atom is -0.314 e. The average Bonchev–Trinajstić information content (AvgIpc) is 2.66. The highest BCUT2D eigenvalue weighted by Gasteiger charge is 2.15. The van der Waals surface area contributed by atoms with Crippen LogP contribution in [-0.2, 0) is 6.42 Å². The minimum absolute atomic E-state index is 0.634. The van der Waals surface area contributed by atoms with Gasteiger partial charge in [-0.25, -0.2) is 0 Å². The third-order valence-electron chi connectivity index (χ3n) is 2.90. The molecule has 1 aromatic carbocycles. The second-order valence-electron chi connectivity index (χ2n) is 4.05. The molecular formula is C12H16ClN. The van der Waals surface area contributed by atoms with Gasteiger partial charge in [0.1, 0.15) is 0 Å². The molecule has 2 heteroatoms. The fourth-order valence-corrected chi connectivity index (χ4v) is 2.27. The largest absolute Gasteiger partial charge is 0.314 e. The maximum absolute atomic E-state index is 6.24. The normalized spacial score (nSPS) is 21.4. The number of rotatable bonds is 2. The van der Waals surface area contributed by atoms with Crippen molar-refractivity contribution < 1.29 is 0 Å². The summed E-state index contributed by atoms with van der Waals surface area (Å²) in [6, 6.07) is 6.92. The molecular weight excluding hydrogens is 194 g/mol. The van der Waals surface area contributed by atoms with E-state index in [4.69, 9.17) is 11.6 Å². The molecule has 14 heavy (non-hydrogen) atoms. The molecule has 0 bridgehead atoms. The Labute approximate surface area is 90.5 Å². The SMILES string of the molecule is Cc1cccc(CC2CCCN2)c1Cl. The quantitative estimate of drug-likeness (QED) is 0.790. The van der Waals surface area contributed by atoms with Crippen LogP contribution in [0.15, 0.2) is 18.2 Å². The lowest BCUT2D eigenvalue weighted by molar-refractivity contribution is 0.603. The summed E-state index contributed by atoms with van der Waals surface area (Å²) in [7, 11) is 0. The van der Waals surface area contributed by atoms with Gasteiger partial charge in [-0.15, -0.1) is 0 Å². The van der Waals surface area contributed by atoms with Crippen molar-refractivity contribution in [2.75, 3.05) is 6.54 Å². The maximum atomic E-state index is 6.24. The first-order valence-corrected chi connectivity index (χ1v) is 5.62. The Morgan fingerprint density at radius 1 is 1.50 bits per heavy atom. The van der Waals surface area contributed by atoms with Crippen LogP contribution in [0.25, 0.3) is 0 Å². The second-order valence-corrected chi connectivity index (χ2v) is 4.42. The maximum Gasteiger partial charge on any atom is 0.0467 e. The molecule has 1 fully saturated rings. The topological polar surface area (TPSA) is 12.0 Å². The molecule has 0 radical (unpaired) electrons. The summed E-state index contributed by atoms with van der Waals surface area (Å²) in [5.74, 6) is 0. The summed E-state index contributed by atoms with van der Waals surface area (Å²) >= 11 is 6.24. The van der Waals surface area contributed by atoms with Gasteiger partial charge in [0.2, 0.25) is 0 Å². The number of hydrogen-bond donors (Lipinski definition) is 1. The Balaban J connectivity index is 2.11. The Hall–Kier alpha value is -0.530. The van der Waals surface area contributed by atoms with Crippen molar-refractivity contribution in [3.8, 4) is 0 Å². The molecule has 0 aromatic heterocycles. The number of nitrogens with one attached hydrogen (secondary N) is 1. The standard InChI is InChI=1S/C12H16ClN/c1-9-4-2-5-10(12(9)13)8-11-6-3-7-14-11/h2,4-5,11,14H,3,6-8H2,1H3. The van der Waals surface area contributed by atoms with Crippen LogP contribution >= 0.6 is 11.6 Å². The van der Waals surface area contributed by atoms with Gasteiger partial charge in [0.15, 0.2) is 0 Å². The van der Waals surface area contributed by atoms with E-state index in [1.54, 1.807) is 0 Å². The van der Waals surface area contributed by atoms with Crippen LogP contribution in [0.3, 0.4) is 0 Å². The van der Waals surface area contributed by atoms with Crippen LogP contribution in [0.1, 0.15) is 24.0 Å². The zero-order valence-electron chi connectivity index (χ0n) is 8.52. The summed E-state index contributed by atoms with van der Waals surface area (Å²) in [6.07, 6.45) is 3.65. The van der Waals surface area contributed by atoms with Crippen molar-refractivity contribution >= 4 is 11.6 Å². The van der Waals surface area contributed by atoms with Gasteiger partial charge in [-0.2, -0.15) is 0 Å². The molecule has 0 amide bonds. The fourth-order valence-electron chi connectivity index (χ4n) is 2.06. The molecule has 1 aliphatic heterocycles. The van der Waals surface area contributed by atoms with Gasteiger partial charge in [0.05, 0.1) is 0 Å². The summed E-state index contributed by atoms with van der Waals surface area (Å²) < 4.78 is 0. The number of halogens is 1. The highest BCUT2D eigenvalue weighted by atomic mass is 35.5. The van der Waals surface area contributed by atoms with Gasteiger partial charge in [-0.05, 0) is 43.9 Å². The van der Waals surface area contributed by atoms with Crippen LogP contribution < -0.4 is 5.32 Å². The van der Waals surface area contributed by atoms with Gasteiger partial charge in [0.25, 0.3) is 0 Å². The molecule has 1 nitrogen and oxygen atoms in total. The molecule has 1 aliphatic rings. The fraction of sp³-hybridized carbons (Fsp3) is 0.500. The Morgan fingerprint density at radius 2 is 2.36 bits per heavy atom. The Morgan fingerprint density at radius 3 is 3.07 bits per heavy atom. The van der Waals surface area contributed by atoms with E-state index in [9.17, 15) is 0 Å². The smallest absolute Gasteiger partial charge is 0.0467 e. The van der Waals surface area contributed by atoms with Crippen molar-refractivity contribution in [3.05, 3.63) is 34.3 Å². The molecule has 1 aromatic rings. The van der Waals surface area contributed by atoms with Crippen LogP contribution in [0.2, 0.25) is 5.02 Å². The highest BCUT2D eigenvalue weighted by Crippen LogP contribution is 2.23. The van der Waals surface area contributed by atoms with Crippen molar-refractivity contribution in [3.63, 3.8) is 0 Å². The third-order valence-corrected chi connectivity index (χ3v) is 3.44. The first kappa shape index (κ1) is 10.0. The average molecular weight is 210 g/mol. The predicted molar refractivity (Wildman–Crippen MR) is 60.9 cm³/mol. The number of aryl methyl sites for hydroxylation is 1. The zero-order chi connectivity index (χ0) is 9.97. The van der Waals surface area contributed by atoms with Crippen LogP contribution in [0.5, 0.6) is 0 Å². The first-order valence-electron chi connectivity index (χ1n) is 5.25. The van der Waals surface area contributed by atoms with Crippen molar-refractivity contribution in [2.24, 2.45) is 0 Å². The summed E-state index contributed by atoms with van der Waals surface area (Å²) in [6.45, 7) is 3.22. The van der Waals surface area contributed by atoms with E-state index in [-0.39, 0.29) is 0 Å². The highest BCUT2D eigenvalue weighted by molar-refractivity contribution is 6.32. The predicted octanol–water partition coefficient (Wildman–Crippen LogP) is 2.94. The molecule has 0 spiro atoms. The lowest BCUT2D eigenvalue weighted by atomic mass is 10.0. The molecule has 0 aliphatic carbocycles. The molecule has 0 saturated carbocycles. The summed E-state index contributed by atoms with van der Waals surface area (Å²) in [5.41, 5.74) is 2.47. The van der Waals surface area contributed by atoms with E-state index in [1.807, 2.05) is 0 Å². The minimum atomic E-state index is 0.634. The van der Waals surface area contributed by atoms with Crippen molar-refractivity contribution in [1.82, 2.24) is 5.32 Å². The van der Waals surface area contributed by atoms with Gasteiger partial charge >= 0.3 is 0 Å². The molecule has 76 valence electrons. The number of benzene rings is 1. The lowest BCUT2D eigenvalue weighted by Gasteiger charge is -2.12. The second kappa shape index (κ2) is 4.33. The Kier molecular flexibility index (Phi) is 3.09. The molecule has 1 atom stereocenters. The van der Waals surface area contributed by atoms with Crippen LogP contribution in [0.4, 0.5) is 0 Å². The summed E-state index contributed by atoms with van der Waals surface area (Å²) in [5, 5.41) is 4.44. The molecule has 1 N–H and O–H groups in total. The van der Waals surface area contributed by atoms with E-state index < -0.39 is 0 Å². The molecule has 2 rings (SSSR count). The van der Waals surface area contributed by atoms with E-state index in [0.717, 1.165) is 18.0 Å². The van der Waals surface area contributed by atoms with Gasteiger partial charge in [0, 0.05) is 11.1 Å². The lowest BCUT2D eigenvalue weighted by Crippen LogP contribution is -2.23. The monoisotopic (exact) mass is 209 g/mol. The van der Waals surface area contributed by atoms with E-state index in [1.165, 1.54) is 24.0 Å². The van der Waals surface area contributed by atoms with Crippen molar-refractivity contribution in [2.45, 2.75) is 32.2 Å². The summed E-state index contributed by atoms with van der Waals surface area (Å²) in [4.78, 5) is 0. The van der Waals surface area contributed by atoms with Crippen LogP contribution in [-0.4, -0.2) is 12.6 Å². The van der Waals surface area contributed by atoms with Gasteiger partial charge in [-0.3, -0.25) is 0 Å². The van der Waals surface area contributed by atoms with E-state index in [0.29, 0.717) is 6.04 Å². The van der Waals surface area contributed by atoms with Crippen molar-refractivity contribution in [1.29, 1.82) is 0 Å². The Bertz CT molecular complexity index is 316. The van der Waals surface area contributed by atoms with E-state index in [2.05, 4.69) is 30.4 Å². The molecule has 1 saturated heterocycles. The first-order chi connectivity index (χ1) is 6.77. The van der Waals surface area contributed by atoms with E-state index >= 15 is 0 Å². The zero-order valence-corrected chi connectivity index (χ0v) is 9.27. The van der Waals surface area contributed by atoms with Gasteiger partial charge in [-0.1, -0.05) is 29.8 Å². The number of hydrogen-bond acceptors (Lipinski definition) is 1. The molecule has 1 heterocycles. The third kappa shape index (κ3) is 2.10. The molecule has 1 unspecified atom stereocenters.